The van der Waals surface area contributed by atoms with Crippen molar-refractivity contribution >= 4 is 24.6 Å². The molecule has 11 heteroatoms. The molecule has 0 fully saturated rings. The summed E-state index contributed by atoms with van der Waals surface area (Å²) >= 11 is 0. The summed E-state index contributed by atoms with van der Waals surface area (Å²) in [7, 11) is -4.08. The predicted octanol–water partition coefficient (Wildman–Crippen LogP) is 7.10. The minimum Gasteiger partial charge on any atom is -0.382 e. The van der Waals surface area contributed by atoms with E-state index in [-0.39, 0.29) is 11.0 Å². The van der Waals surface area contributed by atoms with E-state index in [4.69, 9.17) is 19.7 Å². The maximum atomic E-state index is 13.2. The van der Waals surface area contributed by atoms with Gasteiger partial charge in [0, 0.05) is 6.42 Å². The minimum atomic E-state index is -4.08. The van der Waals surface area contributed by atoms with E-state index < -0.39 is 31.2 Å². The topological polar surface area (TPSA) is 135 Å². The van der Waals surface area contributed by atoms with Gasteiger partial charge in [0.15, 0.2) is 11.5 Å². The lowest BCUT2D eigenvalue weighted by Gasteiger charge is -2.46. The van der Waals surface area contributed by atoms with E-state index in [2.05, 4.69) is 63.4 Å². The molecule has 0 saturated heterocycles. The Hall–Kier alpha value is -1.58. The van der Waals surface area contributed by atoms with Gasteiger partial charge in [-0.3, -0.25) is 4.57 Å². The summed E-state index contributed by atoms with van der Waals surface area (Å²) in [5, 5.41) is 0. The predicted molar refractivity (Wildman–Crippen MR) is 161 cm³/mol. The molecule has 3 N–H and O–H groups in total. The van der Waals surface area contributed by atoms with Crippen LogP contribution in [-0.2, 0) is 25.1 Å². The molecule has 10 nitrogen and oxygen atoms in total. The SMILES string of the molecule is CCCC(C)(C)CC(C)(CC)O[C@](C)(CC)CC(C)(CC)OP(=O)(O)COC(C)Cn1cnc2c(N)ncnc21. The molecule has 230 valence electrons. The molecular formula is C29H54N5O5P. The van der Waals surface area contributed by atoms with Gasteiger partial charge in [-0.05, 0) is 65.2 Å². The van der Waals surface area contributed by atoms with Crippen molar-refractivity contribution < 1.29 is 23.5 Å². The van der Waals surface area contributed by atoms with Crippen LogP contribution in [0.15, 0.2) is 12.7 Å². The molecule has 0 aliphatic heterocycles. The quantitative estimate of drug-likeness (QED) is 0.176. The molecule has 0 radical (unpaired) electrons. The Morgan fingerprint density at radius 2 is 1.57 bits per heavy atom. The lowest BCUT2D eigenvalue weighted by atomic mass is 9.76. The average molecular weight is 584 g/mol. The number of hydrogen-bond acceptors (Lipinski definition) is 8. The zero-order valence-corrected chi connectivity index (χ0v) is 27.4. The summed E-state index contributed by atoms with van der Waals surface area (Å²) in [6.07, 6.45) is 8.06. The summed E-state index contributed by atoms with van der Waals surface area (Å²) in [4.78, 5) is 23.3. The van der Waals surface area contributed by atoms with Crippen LogP contribution in [0, 0.1) is 5.41 Å². The first kappa shape index (κ1) is 34.6. The van der Waals surface area contributed by atoms with E-state index in [1.807, 2.05) is 20.8 Å². The number of fused-ring (bicyclic) bond motifs is 1. The first-order chi connectivity index (χ1) is 18.4. The number of hydrogen-bond donors (Lipinski definition) is 2. The monoisotopic (exact) mass is 583 g/mol. The van der Waals surface area contributed by atoms with Crippen molar-refractivity contribution in [2.24, 2.45) is 5.41 Å². The number of nitrogens with two attached hydrogens (primary N) is 1. The smallest absolute Gasteiger partial charge is 0.354 e. The molecule has 4 unspecified atom stereocenters. The highest BCUT2D eigenvalue weighted by Gasteiger charge is 2.44. The van der Waals surface area contributed by atoms with Crippen molar-refractivity contribution in [3.63, 3.8) is 0 Å². The van der Waals surface area contributed by atoms with Crippen molar-refractivity contribution in [1.82, 2.24) is 19.5 Å². The first-order valence-electron chi connectivity index (χ1n) is 14.7. The van der Waals surface area contributed by atoms with Gasteiger partial charge in [0.25, 0.3) is 0 Å². The van der Waals surface area contributed by atoms with Crippen molar-refractivity contribution in [2.45, 2.75) is 144 Å². The highest BCUT2D eigenvalue weighted by Crippen LogP contribution is 2.50. The molecule has 2 aromatic heterocycles. The Morgan fingerprint density at radius 3 is 2.15 bits per heavy atom. The number of nitrogens with zero attached hydrogens (tertiary/aromatic N) is 4. The first-order valence-corrected chi connectivity index (χ1v) is 16.5. The molecule has 0 saturated carbocycles. The number of anilines is 1. The maximum absolute atomic E-state index is 13.2. The lowest BCUT2D eigenvalue weighted by Crippen LogP contribution is -2.47. The van der Waals surface area contributed by atoms with E-state index >= 15 is 0 Å². The zero-order valence-electron chi connectivity index (χ0n) is 26.5. The standard InChI is InChI=1S/C29H54N5O5P/c1-11-15-26(6,7)17-27(8,12-2)38-28(9,13-3)18-29(10,14-4)39-40(35,36)21-37-22(5)16-34-20-33-23-24(30)31-19-32-25(23)34/h19-20,22H,11-18,21H2,1-10H3,(H,35,36)(H2,30,31,32)/t22?,27?,28-,29?/m1/s1. The Labute approximate surface area is 241 Å². The molecule has 5 atom stereocenters. The highest BCUT2D eigenvalue weighted by atomic mass is 31.2. The molecule has 0 amide bonds. The normalized spacial score (nSPS) is 19.5. The van der Waals surface area contributed by atoms with Crippen LogP contribution >= 0.6 is 7.60 Å². The van der Waals surface area contributed by atoms with Gasteiger partial charge >= 0.3 is 7.60 Å². The third kappa shape index (κ3) is 9.76. The Kier molecular flexibility index (Phi) is 11.8. The maximum Gasteiger partial charge on any atom is 0.354 e. The van der Waals surface area contributed by atoms with Gasteiger partial charge in [-0.15, -0.1) is 0 Å². The molecule has 2 heterocycles. The van der Waals surface area contributed by atoms with Crippen LogP contribution in [0.5, 0.6) is 0 Å². The van der Waals surface area contributed by atoms with Crippen LogP contribution in [-0.4, -0.2) is 53.7 Å². The van der Waals surface area contributed by atoms with E-state index in [1.54, 1.807) is 10.9 Å². The Balaban J connectivity index is 2.07. The fraction of sp³-hybridized carbons (Fsp3) is 0.828. The molecule has 0 spiro atoms. The van der Waals surface area contributed by atoms with Crippen molar-refractivity contribution in [2.75, 3.05) is 12.1 Å². The van der Waals surface area contributed by atoms with Gasteiger partial charge in [0.05, 0.1) is 35.8 Å². The highest BCUT2D eigenvalue weighted by molar-refractivity contribution is 7.52. The van der Waals surface area contributed by atoms with Crippen LogP contribution in [0.2, 0.25) is 0 Å². The second-order valence-corrected chi connectivity index (χ2v) is 14.7. The third-order valence-corrected chi connectivity index (χ3v) is 9.23. The molecule has 0 aliphatic carbocycles. The minimum absolute atomic E-state index is 0.163. The summed E-state index contributed by atoms with van der Waals surface area (Å²) in [5.74, 6) is 0.302. The van der Waals surface area contributed by atoms with Crippen LogP contribution < -0.4 is 5.73 Å². The molecule has 0 bridgehead atoms. The molecule has 40 heavy (non-hydrogen) atoms. The van der Waals surface area contributed by atoms with Crippen LogP contribution in [0.1, 0.15) is 114 Å². The Morgan fingerprint density at radius 1 is 0.975 bits per heavy atom. The van der Waals surface area contributed by atoms with Crippen molar-refractivity contribution in [1.29, 1.82) is 0 Å². The van der Waals surface area contributed by atoms with Gasteiger partial charge in [0.2, 0.25) is 0 Å². The van der Waals surface area contributed by atoms with Crippen molar-refractivity contribution in [3.8, 4) is 0 Å². The van der Waals surface area contributed by atoms with Crippen molar-refractivity contribution in [3.05, 3.63) is 12.7 Å². The van der Waals surface area contributed by atoms with Gasteiger partial charge < -0.3 is 29.2 Å². The molecule has 2 aromatic rings. The zero-order chi connectivity index (χ0) is 30.4. The molecule has 0 aromatic carbocycles. The van der Waals surface area contributed by atoms with E-state index in [1.165, 1.54) is 6.33 Å². The van der Waals surface area contributed by atoms with Gasteiger partial charge in [-0.2, -0.15) is 0 Å². The fourth-order valence-electron chi connectivity index (χ4n) is 5.81. The van der Waals surface area contributed by atoms with Gasteiger partial charge in [-0.25, -0.2) is 15.0 Å². The summed E-state index contributed by atoms with van der Waals surface area (Å²) < 4.78 is 33.7. The summed E-state index contributed by atoms with van der Waals surface area (Å²) in [6, 6.07) is 0. The van der Waals surface area contributed by atoms with Gasteiger partial charge in [-0.1, -0.05) is 48.0 Å². The van der Waals surface area contributed by atoms with Gasteiger partial charge in [0.1, 0.15) is 18.2 Å². The molecule has 0 aliphatic rings. The van der Waals surface area contributed by atoms with Crippen LogP contribution in [0.3, 0.4) is 0 Å². The molecular weight excluding hydrogens is 529 g/mol. The Bertz CT molecular complexity index is 1140. The summed E-state index contributed by atoms with van der Waals surface area (Å²) in [6.45, 7) is 21.4. The fourth-order valence-corrected chi connectivity index (χ4v) is 7.18. The third-order valence-electron chi connectivity index (χ3n) is 8.03. The lowest BCUT2D eigenvalue weighted by molar-refractivity contribution is -0.179. The number of imidazole rings is 1. The second kappa shape index (κ2) is 13.6. The average Bonchev–Trinajstić information content (AvgIpc) is 3.25. The van der Waals surface area contributed by atoms with Crippen LogP contribution in [0.4, 0.5) is 5.82 Å². The summed E-state index contributed by atoms with van der Waals surface area (Å²) in [5.41, 5.74) is 5.42. The number of rotatable bonds is 18. The largest absolute Gasteiger partial charge is 0.382 e. The second-order valence-electron chi connectivity index (χ2n) is 12.9. The van der Waals surface area contributed by atoms with Crippen LogP contribution in [0.25, 0.3) is 11.2 Å². The number of ether oxygens (including phenoxy) is 2. The van der Waals surface area contributed by atoms with E-state index in [0.29, 0.717) is 36.4 Å². The van der Waals surface area contributed by atoms with E-state index in [0.717, 1.165) is 32.1 Å². The number of nitrogen functional groups attached to an aromatic ring is 1. The number of aromatic nitrogens is 4. The van der Waals surface area contributed by atoms with E-state index in [9.17, 15) is 9.46 Å². The molecule has 2 rings (SSSR count).